The Kier molecular flexibility index (Phi) is 10.8. The van der Waals surface area contributed by atoms with Gasteiger partial charge in [0, 0.05) is 25.1 Å². The molecule has 0 aliphatic carbocycles. The van der Waals surface area contributed by atoms with Gasteiger partial charge in [0.05, 0.1) is 36.5 Å². The number of methoxy groups -OCH3 is 1. The van der Waals surface area contributed by atoms with E-state index < -0.39 is 18.2 Å². The van der Waals surface area contributed by atoms with Crippen molar-refractivity contribution in [2.75, 3.05) is 32.5 Å². The number of hydrogen-bond acceptors (Lipinski definition) is 10. The van der Waals surface area contributed by atoms with Gasteiger partial charge in [-0.15, -0.1) is 0 Å². The lowest BCUT2D eigenvalue weighted by Crippen LogP contribution is -2.66. The van der Waals surface area contributed by atoms with E-state index in [4.69, 9.17) is 10.5 Å². The fourth-order valence-electron chi connectivity index (χ4n) is 6.96. The van der Waals surface area contributed by atoms with Gasteiger partial charge in [0.25, 0.3) is 0 Å². The average molecular weight is 755 g/mol. The number of nitrogens with zero attached hydrogens (tertiary/aromatic N) is 6. The molecule has 4 aromatic carbocycles. The zero-order valence-corrected chi connectivity index (χ0v) is 30.8. The number of carbonyl (C=O) groups is 4. The molecule has 1 aromatic heterocycles. The number of benzene rings is 4. The molecule has 14 heteroatoms. The molecule has 2 fully saturated rings. The minimum Gasteiger partial charge on any atom is -0.497 e. The van der Waals surface area contributed by atoms with Crippen LogP contribution in [0.5, 0.6) is 5.75 Å². The lowest BCUT2D eigenvalue weighted by atomic mass is 9.98. The van der Waals surface area contributed by atoms with Crippen molar-refractivity contribution in [2.45, 2.75) is 31.7 Å². The van der Waals surface area contributed by atoms with Gasteiger partial charge in [0.2, 0.25) is 11.8 Å². The third-order valence-corrected chi connectivity index (χ3v) is 10.6. The summed E-state index contributed by atoms with van der Waals surface area (Å²) in [5.41, 5.74) is 10.6. The second-order valence-electron chi connectivity index (χ2n) is 13.2. The summed E-state index contributed by atoms with van der Waals surface area (Å²) >= 11 is 1.36. The van der Waals surface area contributed by atoms with E-state index in [9.17, 15) is 24.4 Å². The molecule has 5 aromatic rings. The highest BCUT2D eigenvalue weighted by Crippen LogP contribution is 2.32. The number of carbonyl (C=O) groups excluding carboxylic acids is 4. The molecule has 7 rings (SSSR count). The smallest absolute Gasteiger partial charge is 0.333 e. The molecule has 55 heavy (non-hydrogen) atoms. The van der Waals surface area contributed by atoms with Gasteiger partial charge in [-0.05, 0) is 46.5 Å². The molecule has 0 bridgehead atoms. The second kappa shape index (κ2) is 16.2. The third-order valence-electron chi connectivity index (χ3n) is 9.71. The number of thiazole rings is 1. The monoisotopic (exact) mass is 754 g/mol. The molecule has 4 amide bonds. The van der Waals surface area contributed by atoms with Crippen LogP contribution in [0, 0.1) is 11.3 Å². The van der Waals surface area contributed by atoms with Crippen LogP contribution in [-0.2, 0) is 29.1 Å². The molecule has 278 valence electrons. The van der Waals surface area contributed by atoms with E-state index in [0.29, 0.717) is 22.0 Å². The molecule has 3 N–H and O–H groups in total. The van der Waals surface area contributed by atoms with E-state index in [-0.39, 0.29) is 56.7 Å². The number of nitriles is 1. The average Bonchev–Trinajstić information content (AvgIpc) is 3.76. The van der Waals surface area contributed by atoms with Crippen molar-refractivity contribution < 1.29 is 23.9 Å². The van der Waals surface area contributed by atoms with Crippen molar-refractivity contribution in [3.8, 4) is 11.8 Å². The van der Waals surface area contributed by atoms with Gasteiger partial charge in [0.15, 0.2) is 10.9 Å². The van der Waals surface area contributed by atoms with Crippen LogP contribution in [0.4, 0.5) is 9.93 Å². The number of ketones is 1. The number of nitrogens with two attached hydrogens (primary N) is 1. The van der Waals surface area contributed by atoms with Crippen LogP contribution in [0.25, 0.3) is 16.3 Å². The summed E-state index contributed by atoms with van der Waals surface area (Å²) in [4.78, 5) is 62.4. The van der Waals surface area contributed by atoms with Gasteiger partial charge in [0.1, 0.15) is 24.5 Å². The summed E-state index contributed by atoms with van der Waals surface area (Å²) in [6.07, 6.45) is 2.72. The second-order valence-corrected chi connectivity index (χ2v) is 14.2. The molecule has 2 aliphatic heterocycles. The summed E-state index contributed by atoms with van der Waals surface area (Å²) in [5.74, 6) is -0.0147. The van der Waals surface area contributed by atoms with Crippen LogP contribution < -0.4 is 15.8 Å². The quantitative estimate of drug-likeness (QED) is 0.103. The molecule has 3 heterocycles. The van der Waals surface area contributed by atoms with Crippen molar-refractivity contribution >= 4 is 56.4 Å². The van der Waals surface area contributed by atoms with Crippen molar-refractivity contribution in [1.29, 1.82) is 5.26 Å². The Bertz CT molecular complexity index is 2290. The Labute approximate surface area is 321 Å². The number of anilines is 1. The molecule has 0 radical (unpaired) electrons. The summed E-state index contributed by atoms with van der Waals surface area (Å²) < 4.78 is 6.12. The third kappa shape index (κ3) is 8.03. The number of nitrogens with one attached hydrogen (secondary N) is 1. The van der Waals surface area contributed by atoms with Crippen LogP contribution in [-0.4, -0.2) is 87.4 Å². The maximum Gasteiger partial charge on any atom is 0.333 e. The van der Waals surface area contributed by atoms with Crippen molar-refractivity contribution in [3.05, 3.63) is 131 Å². The molecule has 2 atom stereocenters. The maximum atomic E-state index is 14.5. The number of rotatable bonds is 12. The number of nitrogen functional groups attached to an aromatic ring is 1. The first-order valence-corrected chi connectivity index (χ1v) is 18.5. The highest BCUT2D eigenvalue weighted by molar-refractivity contribution is 7.22. The van der Waals surface area contributed by atoms with Crippen LogP contribution >= 0.6 is 11.3 Å². The number of ether oxygens (including phenoxy) is 1. The number of fused-ring (bicyclic) bond motifs is 2. The topological polar surface area (TPSA) is 165 Å². The van der Waals surface area contributed by atoms with Crippen LogP contribution in [0.3, 0.4) is 0 Å². The molecular formula is C41H38N8O5S. The lowest BCUT2D eigenvalue weighted by Gasteiger charge is -2.46. The Morgan fingerprint density at radius 2 is 1.76 bits per heavy atom. The number of allylic oxidation sites excluding steroid dienone is 1. The fourth-order valence-corrected chi connectivity index (χ4v) is 7.75. The van der Waals surface area contributed by atoms with Crippen LogP contribution in [0.1, 0.15) is 32.6 Å². The largest absolute Gasteiger partial charge is 0.497 e. The van der Waals surface area contributed by atoms with E-state index >= 15 is 0 Å². The number of piperazine rings is 1. The summed E-state index contributed by atoms with van der Waals surface area (Å²) in [5, 5.41) is 15.9. The van der Waals surface area contributed by atoms with Gasteiger partial charge in [-0.3, -0.25) is 14.4 Å². The maximum absolute atomic E-state index is 14.5. The molecular weight excluding hydrogens is 717 g/mol. The Morgan fingerprint density at radius 3 is 2.49 bits per heavy atom. The van der Waals surface area contributed by atoms with Crippen LogP contribution in [0.2, 0.25) is 0 Å². The summed E-state index contributed by atoms with van der Waals surface area (Å²) in [6, 6.07) is 30.0. The molecule has 0 spiro atoms. The van der Waals surface area contributed by atoms with Gasteiger partial charge >= 0.3 is 6.03 Å². The predicted molar refractivity (Wildman–Crippen MR) is 208 cm³/mol. The molecule has 0 unspecified atom stereocenters. The zero-order chi connectivity index (χ0) is 38.5. The van der Waals surface area contributed by atoms with Crippen molar-refractivity contribution in [3.63, 3.8) is 0 Å². The summed E-state index contributed by atoms with van der Waals surface area (Å²) in [7, 11) is 1.57. The van der Waals surface area contributed by atoms with Gasteiger partial charge in [-0.25, -0.2) is 14.8 Å². The molecule has 0 saturated carbocycles. The Morgan fingerprint density at radius 1 is 1.02 bits per heavy atom. The van der Waals surface area contributed by atoms with Gasteiger partial charge in [-0.1, -0.05) is 96.3 Å². The minimum atomic E-state index is -0.900. The molecule has 13 nitrogen and oxygen atoms in total. The zero-order valence-electron chi connectivity index (χ0n) is 30.0. The lowest BCUT2D eigenvalue weighted by molar-refractivity contribution is -0.157. The number of aromatic nitrogens is 1. The highest BCUT2D eigenvalue weighted by atomic mass is 32.1. The molecule has 2 aliphatic rings. The van der Waals surface area contributed by atoms with Crippen molar-refractivity contribution in [2.24, 2.45) is 0 Å². The Hall–Kier alpha value is -6.56. The van der Waals surface area contributed by atoms with E-state index in [0.717, 1.165) is 27.0 Å². The predicted octanol–water partition coefficient (Wildman–Crippen LogP) is 4.86. The fraction of sp³-hybridized carbons (Fsp3) is 0.220. The summed E-state index contributed by atoms with van der Waals surface area (Å²) in [6.45, 7) is -0.0467. The number of amides is 4. The standard InChI is InChI=1S/C41H38N8O5S/c1-54-32-17-14-29(15-18-32)23-44-41(53)47(21-20-42)48-26-37(51)49-33(22-28-12-10-27(11-13-28)16-19-34(50)30-6-3-2-4-7-30)39(52)46(25-36(48)49)24-31-8-5-9-35-38(31)45-40(43)55-35/h2-19,33,36H,21-26H2,1H3,(H2,43,45)(H,44,53)/b19-16-/t33-,36+/m0/s1. The van der Waals surface area contributed by atoms with E-state index in [1.165, 1.54) is 22.4 Å². The van der Waals surface area contributed by atoms with E-state index in [2.05, 4.69) is 16.4 Å². The van der Waals surface area contributed by atoms with E-state index in [1.54, 1.807) is 52.3 Å². The number of hydrazine groups is 1. The Balaban J connectivity index is 1.15. The number of hydrogen-bond donors (Lipinski definition) is 2. The SMILES string of the molecule is COc1ccc(CNC(=O)N(CC#N)N2CC(=O)N3[C@@H](Cc4ccc(/C=C\C(=O)c5ccccc5)cc4)C(=O)N(Cc4cccc5sc(N)nc45)C[C@@H]32)cc1. The first-order valence-electron chi connectivity index (χ1n) is 17.6. The minimum absolute atomic E-state index is 0.0872. The number of urea groups is 1. The highest BCUT2D eigenvalue weighted by Gasteiger charge is 2.52. The van der Waals surface area contributed by atoms with Crippen LogP contribution in [0.15, 0.2) is 103 Å². The first kappa shape index (κ1) is 36.8. The normalized spacial score (nSPS) is 17.0. The van der Waals surface area contributed by atoms with Crippen molar-refractivity contribution in [1.82, 2.24) is 30.1 Å². The molecule has 2 saturated heterocycles. The van der Waals surface area contributed by atoms with E-state index in [1.807, 2.05) is 72.8 Å². The van der Waals surface area contributed by atoms with Gasteiger partial charge < -0.3 is 25.6 Å². The number of para-hydroxylation sites is 1. The van der Waals surface area contributed by atoms with Gasteiger partial charge in [-0.2, -0.15) is 10.3 Å². The first-order chi connectivity index (χ1) is 26.7.